The van der Waals surface area contributed by atoms with Gasteiger partial charge in [0, 0.05) is 41.8 Å². The molecule has 4 rings (SSSR count). The Labute approximate surface area is 205 Å². The third-order valence-corrected chi connectivity index (χ3v) is 6.57. The molecular weight excluding hydrogens is 446 g/mol. The van der Waals surface area contributed by atoms with Gasteiger partial charge in [-0.15, -0.1) is 11.3 Å². The Balaban J connectivity index is 1.55. The fourth-order valence-corrected chi connectivity index (χ4v) is 4.73. The number of nitrogens with zero attached hydrogens (tertiary/aromatic N) is 2. The van der Waals surface area contributed by atoms with Crippen LogP contribution in [0.5, 0.6) is 0 Å². The Bertz CT molecular complexity index is 1130. The molecular formula is C27H31N3O3S. The van der Waals surface area contributed by atoms with E-state index in [0.717, 1.165) is 34.9 Å². The van der Waals surface area contributed by atoms with Gasteiger partial charge in [0.2, 0.25) is 0 Å². The summed E-state index contributed by atoms with van der Waals surface area (Å²) >= 11 is 1.63. The number of carbonyl (C=O) groups excluding carboxylic acids is 2. The van der Waals surface area contributed by atoms with E-state index < -0.39 is 11.7 Å². The first kappa shape index (κ1) is 24.0. The molecule has 1 amide bonds. The van der Waals surface area contributed by atoms with Crippen molar-refractivity contribution in [2.75, 3.05) is 23.3 Å². The average Bonchev–Trinajstić information content (AvgIpc) is 3.35. The lowest BCUT2D eigenvalue weighted by atomic mass is 9.99. The second-order valence-corrected chi connectivity index (χ2v) is 10.5. The van der Waals surface area contributed by atoms with Gasteiger partial charge in [-0.2, -0.15) is 0 Å². The molecule has 1 aliphatic heterocycles. The van der Waals surface area contributed by atoms with E-state index in [2.05, 4.69) is 15.2 Å². The molecule has 3 heterocycles. The minimum absolute atomic E-state index is 0.0479. The molecule has 1 aliphatic rings. The van der Waals surface area contributed by atoms with Crippen LogP contribution in [0.2, 0.25) is 0 Å². The number of rotatable bonds is 6. The molecule has 3 aromatic rings. The van der Waals surface area contributed by atoms with Gasteiger partial charge in [0.25, 0.3) is 0 Å². The smallest absolute Gasteiger partial charge is 0.412 e. The summed E-state index contributed by atoms with van der Waals surface area (Å²) in [5, 5.41) is 4.83. The number of ketones is 1. The molecule has 6 nitrogen and oxygen atoms in total. The summed E-state index contributed by atoms with van der Waals surface area (Å²) in [7, 11) is 0. The number of aromatic nitrogens is 1. The van der Waals surface area contributed by atoms with Crippen LogP contribution in [0.3, 0.4) is 0 Å². The summed E-state index contributed by atoms with van der Waals surface area (Å²) in [6.45, 7) is 7.47. The third kappa shape index (κ3) is 6.23. The molecule has 0 aliphatic carbocycles. The van der Waals surface area contributed by atoms with Crippen LogP contribution >= 0.6 is 11.3 Å². The molecule has 1 N–H and O–H groups in total. The number of hydrogen-bond donors (Lipinski definition) is 1. The van der Waals surface area contributed by atoms with E-state index in [9.17, 15) is 9.59 Å². The summed E-state index contributed by atoms with van der Waals surface area (Å²) in [5.41, 5.74) is 2.26. The zero-order valence-electron chi connectivity index (χ0n) is 20.0. The van der Waals surface area contributed by atoms with Crippen LogP contribution in [0.15, 0.2) is 54.0 Å². The number of hydrogen-bond acceptors (Lipinski definition) is 6. The molecule has 34 heavy (non-hydrogen) atoms. The van der Waals surface area contributed by atoms with E-state index in [1.54, 1.807) is 17.5 Å². The van der Waals surface area contributed by atoms with Crippen LogP contribution < -0.4 is 10.2 Å². The Morgan fingerprint density at radius 3 is 2.53 bits per heavy atom. The first-order valence-corrected chi connectivity index (χ1v) is 12.6. The Hall–Kier alpha value is -3.19. The molecule has 178 valence electrons. The minimum atomic E-state index is -0.612. The lowest BCUT2D eigenvalue weighted by Crippen LogP contribution is -2.30. The molecule has 0 saturated carbocycles. The predicted octanol–water partition coefficient (Wildman–Crippen LogP) is 6.57. The summed E-state index contributed by atoms with van der Waals surface area (Å²) in [6.07, 6.45) is 4.88. The number of piperidine rings is 1. The summed E-state index contributed by atoms with van der Waals surface area (Å²) in [4.78, 5) is 33.5. The van der Waals surface area contributed by atoms with Gasteiger partial charge in [0.15, 0.2) is 5.78 Å². The Morgan fingerprint density at radius 1 is 1.09 bits per heavy atom. The predicted molar refractivity (Wildman–Crippen MR) is 138 cm³/mol. The molecule has 0 spiro atoms. The van der Waals surface area contributed by atoms with Crippen molar-refractivity contribution in [3.05, 3.63) is 65.2 Å². The molecule has 0 bridgehead atoms. The van der Waals surface area contributed by atoms with Gasteiger partial charge in [-0.05, 0) is 86.9 Å². The quantitative estimate of drug-likeness (QED) is 0.406. The number of anilines is 2. The third-order valence-electron chi connectivity index (χ3n) is 5.65. The molecule has 0 unspecified atom stereocenters. The summed E-state index contributed by atoms with van der Waals surface area (Å²) in [6, 6.07) is 13.6. The highest BCUT2D eigenvalue weighted by molar-refractivity contribution is 7.13. The molecule has 7 heteroatoms. The Morgan fingerprint density at radius 2 is 1.88 bits per heavy atom. The van der Waals surface area contributed by atoms with E-state index in [1.165, 1.54) is 19.3 Å². The van der Waals surface area contributed by atoms with E-state index in [0.29, 0.717) is 11.3 Å². The van der Waals surface area contributed by atoms with Gasteiger partial charge in [-0.25, -0.2) is 9.78 Å². The number of Topliss-reactive ketones (excluding diaryl/α,β-unsaturated/α-hetero) is 1. The Kier molecular flexibility index (Phi) is 7.32. The van der Waals surface area contributed by atoms with Gasteiger partial charge in [-0.3, -0.25) is 10.1 Å². The normalized spacial score (nSPS) is 14.0. The van der Waals surface area contributed by atoms with Crippen molar-refractivity contribution >= 4 is 34.7 Å². The maximum absolute atomic E-state index is 13.2. The van der Waals surface area contributed by atoms with E-state index >= 15 is 0 Å². The van der Waals surface area contributed by atoms with Gasteiger partial charge in [0.1, 0.15) is 11.4 Å². The van der Waals surface area contributed by atoms with Crippen molar-refractivity contribution < 1.29 is 14.3 Å². The largest absolute Gasteiger partial charge is 0.444 e. The fourth-order valence-electron chi connectivity index (χ4n) is 4.01. The maximum atomic E-state index is 13.2. The second-order valence-electron chi connectivity index (χ2n) is 9.53. The van der Waals surface area contributed by atoms with Gasteiger partial charge >= 0.3 is 6.09 Å². The number of nitrogens with one attached hydrogen (secondary N) is 1. The van der Waals surface area contributed by atoms with E-state index in [4.69, 9.17) is 4.74 Å². The van der Waals surface area contributed by atoms with Crippen molar-refractivity contribution in [1.82, 2.24) is 4.98 Å². The van der Waals surface area contributed by atoms with Crippen molar-refractivity contribution in [2.45, 2.75) is 52.1 Å². The van der Waals surface area contributed by atoms with Crippen LogP contribution in [-0.4, -0.2) is 35.6 Å². The van der Waals surface area contributed by atoms with Gasteiger partial charge < -0.3 is 9.64 Å². The summed E-state index contributed by atoms with van der Waals surface area (Å²) < 4.78 is 5.41. The zero-order valence-corrected chi connectivity index (χ0v) is 20.8. The SMILES string of the molecule is CC(C)(C)OC(=O)Nc1ccc(-c2cccs2)cc1CC(=O)c1ccc(N2CCCCC2)nc1. The highest BCUT2D eigenvalue weighted by atomic mass is 32.1. The molecule has 2 aromatic heterocycles. The second kappa shape index (κ2) is 10.4. The standard InChI is InChI=1S/C27H31N3O3S/c1-27(2,3)33-26(32)29-22-11-9-19(24-8-7-15-34-24)16-21(22)17-23(31)20-10-12-25(28-18-20)30-13-5-4-6-14-30/h7-12,15-16,18H,4-6,13-14,17H2,1-3H3,(H,29,32). The van der Waals surface area contributed by atoms with E-state index in [1.807, 2.05) is 68.6 Å². The number of ether oxygens (including phenoxy) is 1. The molecule has 1 fully saturated rings. The number of thiophene rings is 1. The molecule has 0 atom stereocenters. The fraction of sp³-hybridized carbons (Fsp3) is 0.370. The molecule has 0 radical (unpaired) electrons. The first-order chi connectivity index (χ1) is 16.3. The van der Waals surface area contributed by atoms with Crippen LogP contribution in [0.1, 0.15) is 56.0 Å². The maximum Gasteiger partial charge on any atom is 0.412 e. The minimum Gasteiger partial charge on any atom is -0.444 e. The van der Waals surface area contributed by atoms with Gasteiger partial charge in [-0.1, -0.05) is 12.1 Å². The monoisotopic (exact) mass is 477 g/mol. The van der Waals surface area contributed by atoms with Crippen LogP contribution in [0.4, 0.5) is 16.3 Å². The molecule has 1 saturated heterocycles. The number of pyridine rings is 1. The lowest BCUT2D eigenvalue weighted by molar-refractivity contribution is 0.0635. The van der Waals surface area contributed by atoms with Crippen molar-refractivity contribution in [3.8, 4) is 10.4 Å². The van der Waals surface area contributed by atoms with Crippen LogP contribution in [0.25, 0.3) is 10.4 Å². The zero-order chi connectivity index (χ0) is 24.1. The number of benzene rings is 1. The topological polar surface area (TPSA) is 71.5 Å². The van der Waals surface area contributed by atoms with Crippen LogP contribution in [-0.2, 0) is 11.2 Å². The van der Waals surface area contributed by atoms with Crippen LogP contribution in [0, 0.1) is 0 Å². The number of amides is 1. The van der Waals surface area contributed by atoms with Gasteiger partial charge in [0.05, 0.1) is 0 Å². The highest BCUT2D eigenvalue weighted by Crippen LogP contribution is 2.30. The average molecular weight is 478 g/mol. The van der Waals surface area contributed by atoms with E-state index in [-0.39, 0.29) is 12.2 Å². The molecule has 1 aromatic carbocycles. The first-order valence-electron chi connectivity index (χ1n) is 11.7. The van der Waals surface area contributed by atoms with Crippen molar-refractivity contribution in [2.24, 2.45) is 0 Å². The van der Waals surface area contributed by atoms with Crippen molar-refractivity contribution in [1.29, 1.82) is 0 Å². The lowest BCUT2D eigenvalue weighted by Gasteiger charge is -2.27. The highest BCUT2D eigenvalue weighted by Gasteiger charge is 2.19. The number of carbonyl (C=O) groups is 2. The van der Waals surface area contributed by atoms with Crippen molar-refractivity contribution in [3.63, 3.8) is 0 Å². The summed E-state index contributed by atoms with van der Waals surface area (Å²) in [5.74, 6) is 0.872.